The minimum absolute atomic E-state index is 0. The summed E-state index contributed by atoms with van der Waals surface area (Å²) in [7, 11) is 0. The molecule has 0 unspecified atom stereocenters. The van der Waals surface area contributed by atoms with Gasteiger partial charge in [0.05, 0.1) is 0 Å². The van der Waals surface area contributed by atoms with E-state index in [-0.39, 0.29) is 14.9 Å². The van der Waals surface area contributed by atoms with E-state index in [2.05, 4.69) is 174 Å². The molecule has 2 heteroatoms. The van der Waals surface area contributed by atoms with E-state index < -0.39 is 0 Å². The van der Waals surface area contributed by atoms with Crippen LogP contribution in [0.3, 0.4) is 0 Å². The molecule has 0 aliphatic heterocycles. The Kier molecular flexibility index (Phi) is 14.6. The van der Waals surface area contributed by atoms with E-state index in [4.69, 9.17) is 0 Å². The van der Waals surface area contributed by atoms with Gasteiger partial charge in [0.2, 0.25) is 0 Å². The van der Waals surface area contributed by atoms with Crippen molar-refractivity contribution in [1.29, 1.82) is 0 Å². The molecule has 8 aromatic rings. The SMILES string of the molecule is CC(C)c1cc2c(-c3cccc4ccccc34)cccc2[cH-]1.CCCCCc1cc2c(-c3cccc4ccccc34)ccc(C)c2[cH-]1.[CH3-].[CH3-].[Si]=[Zr]. The summed E-state index contributed by atoms with van der Waals surface area (Å²) < 4.78 is 0. The van der Waals surface area contributed by atoms with Gasteiger partial charge in [-0.15, -0.1) is 68.6 Å². The molecule has 0 fully saturated rings. The molecule has 0 spiro atoms. The molecule has 258 valence electrons. The molecule has 0 aromatic heterocycles. The zero-order chi connectivity index (χ0) is 34.3. The summed E-state index contributed by atoms with van der Waals surface area (Å²) in [5, 5.41) is 10.8. The molecule has 0 amide bonds. The van der Waals surface area contributed by atoms with Crippen molar-refractivity contribution in [2.75, 3.05) is 0 Å². The molecule has 0 heterocycles. The van der Waals surface area contributed by atoms with Crippen LogP contribution in [0.15, 0.2) is 140 Å². The molecule has 0 bridgehead atoms. The van der Waals surface area contributed by atoms with E-state index in [0.717, 1.165) is 0 Å². The fraction of sp³-hybridized carbons (Fsp3) is 0.184. The van der Waals surface area contributed by atoms with Gasteiger partial charge in [-0.05, 0) is 45.0 Å². The van der Waals surface area contributed by atoms with Crippen molar-refractivity contribution in [1.82, 2.24) is 0 Å². The van der Waals surface area contributed by atoms with Crippen LogP contribution in [0.2, 0.25) is 0 Å². The Labute approximate surface area is 323 Å². The van der Waals surface area contributed by atoms with Gasteiger partial charge in [0.15, 0.2) is 0 Å². The molecule has 0 saturated carbocycles. The van der Waals surface area contributed by atoms with E-state index in [1.807, 2.05) is 0 Å². The average molecular weight is 758 g/mol. The van der Waals surface area contributed by atoms with Crippen molar-refractivity contribution >= 4 is 50.0 Å². The topological polar surface area (TPSA) is 0 Å². The molecular formula is C49H50SiZr-4. The Bertz CT molecular complexity index is 2320. The van der Waals surface area contributed by atoms with Gasteiger partial charge in [-0.2, -0.15) is 12.1 Å². The van der Waals surface area contributed by atoms with Crippen molar-refractivity contribution in [3.63, 3.8) is 0 Å². The van der Waals surface area contributed by atoms with Gasteiger partial charge < -0.3 is 14.9 Å². The maximum atomic E-state index is 3.06. The molecule has 8 rings (SSSR count). The van der Waals surface area contributed by atoms with Crippen molar-refractivity contribution < 1.29 is 23.3 Å². The Balaban J connectivity index is 0.000000212. The number of fused-ring (bicyclic) bond motifs is 4. The number of hydrogen-bond donors (Lipinski definition) is 0. The summed E-state index contributed by atoms with van der Waals surface area (Å²) >= 11 is 1.36. The first-order valence-corrected chi connectivity index (χ1v) is 21.8. The summed E-state index contributed by atoms with van der Waals surface area (Å²) in [6.45, 7) is 12.1. The molecule has 0 atom stereocenters. The zero-order valence-corrected chi connectivity index (χ0v) is 34.6. The van der Waals surface area contributed by atoms with Crippen LogP contribution in [0.1, 0.15) is 62.6 Å². The standard InChI is InChI=1S/C25H25.C22H19.2CH3.Si.Zr/c1-3-4-5-9-19-16-24-18(2)14-15-23(25(24)17-19)22-13-8-11-20-10-6-7-12-21(20)22;1-15(2)18-13-17-9-6-12-21(22(17)14-18)20-11-5-8-16-7-3-4-10-19(16)20;;;;/h6-8,10-17H,3-5,9H2,1-2H3;3-15H,1-2H3;2*1H3;;/q4*-1;;. The van der Waals surface area contributed by atoms with E-state index in [1.54, 1.807) is 0 Å². The predicted molar refractivity (Wildman–Crippen MR) is 226 cm³/mol. The second kappa shape index (κ2) is 18.6. The summed E-state index contributed by atoms with van der Waals surface area (Å²) in [6.07, 6.45) is 5.07. The third kappa shape index (κ3) is 8.63. The van der Waals surface area contributed by atoms with E-state index >= 15 is 0 Å². The third-order valence-electron chi connectivity index (χ3n) is 9.83. The Morgan fingerprint density at radius 2 is 1.10 bits per heavy atom. The number of unbranched alkanes of at least 4 members (excludes halogenated alkanes) is 2. The molecule has 8 aromatic carbocycles. The van der Waals surface area contributed by atoms with Crippen molar-refractivity contribution in [3.8, 4) is 22.3 Å². The quantitative estimate of drug-likeness (QED) is 0.0863. The first-order chi connectivity index (χ1) is 24.0. The maximum absolute atomic E-state index is 3.06. The fourth-order valence-corrected chi connectivity index (χ4v) is 7.21. The molecule has 2 radical (unpaired) electrons. The molecule has 0 aliphatic rings. The first-order valence-electron chi connectivity index (χ1n) is 17.6. The molecule has 51 heavy (non-hydrogen) atoms. The molecule has 0 N–H and O–H groups in total. The van der Waals surface area contributed by atoms with Crippen LogP contribution in [0.5, 0.6) is 0 Å². The summed E-state index contributed by atoms with van der Waals surface area (Å²) in [6, 6.07) is 51.3. The predicted octanol–water partition coefficient (Wildman–Crippen LogP) is 14.4. The van der Waals surface area contributed by atoms with Crippen molar-refractivity contribution in [2.45, 2.75) is 59.3 Å². The fourth-order valence-electron chi connectivity index (χ4n) is 7.21. The van der Waals surface area contributed by atoms with Crippen LogP contribution in [-0.2, 0) is 29.8 Å². The van der Waals surface area contributed by atoms with Crippen molar-refractivity contribution in [2.24, 2.45) is 0 Å². The Morgan fingerprint density at radius 3 is 1.69 bits per heavy atom. The van der Waals surface area contributed by atoms with Gasteiger partial charge in [0, 0.05) is 0 Å². The summed E-state index contributed by atoms with van der Waals surface area (Å²) in [5.74, 6) is 0.563. The molecular weight excluding hydrogens is 708 g/mol. The number of aryl methyl sites for hydroxylation is 2. The van der Waals surface area contributed by atoms with Gasteiger partial charge in [-0.1, -0.05) is 155 Å². The van der Waals surface area contributed by atoms with Crippen LogP contribution < -0.4 is 0 Å². The van der Waals surface area contributed by atoms with Gasteiger partial charge >= 0.3 is 30.2 Å². The molecule has 0 aliphatic carbocycles. The van der Waals surface area contributed by atoms with Crippen LogP contribution in [-0.4, -0.2) is 6.88 Å². The Morgan fingerprint density at radius 1 is 0.569 bits per heavy atom. The third-order valence-corrected chi connectivity index (χ3v) is 9.83. The van der Waals surface area contributed by atoms with Gasteiger partial charge in [0.25, 0.3) is 0 Å². The van der Waals surface area contributed by atoms with E-state index in [1.165, 1.54) is 131 Å². The van der Waals surface area contributed by atoms with E-state index in [0.29, 0.717) is 5.92 Å². The normalized spacial score (nSPS) is 10.7. The second-order valence-corrected chi connectivity index (χ2v) is 13.4. The van der Waals surface area contributed by atoms with Crippen LogP contribution >= 0.6 is 0 Å². The minimum atomic E-state index is 0. The molecule has 0 nitrogen and oxygen atoms in total. The Hall–Kier alpha value is -3.84. The van der Waals surface area contributed by atoms with Crippen LogP contribution in [0.25, 0.3) is 65.3 Å². The summed E-state index contributed by atoms with van der Waals surface area (Å²) in [4.78, 5) is 0. The van der Waals surface area contributed by atoms with Gasteiger partial charge in [-0.25, -0.2) is 0 Å². The average Bonchev–Trinajstić information content (AvgIpc) is 3.79. The van der Waals surface area contributed by atoms with Gasteiger partial charge in [-0.3, -0.25) is 0 Å². The monoisotopic (exact) mass is 756 g/mol. The first kappa shape index (κ1) is 39.9. The molecule has 0 saturated heterocycles. The number of benzene rings is 6. The van der Waals surface area contributed by atoms with Gasteiger partial charge in [0.1, 0.15) is 0 Å². The number of hydrogen-bond acceptors (Lipinski definition) is 0. The van der Waals surface area contributed by atoms with E-state index in [9.17, 15) is 0 Å². The zero-order valence-electron chi connectivity index (χ0n) is 31.2. The van der Waals surface area contributed by atoms with Crippen molar-refractivity contribution in [3.05, 3.63) is 171 Å². The van der Waals surface area contributed by atoms with Crippen LogP contribution in [0, 0.1) is 21.8 Å². The van der Waals surface area contributed by atoms with Crippen LogP contribution in [0.4, 0.5) is 0 Å². The number of rotatable bonds is 7. The second-order valence-electron chi connectivity index (χ2n) is 13.4. The summed E-state index contributed by atoms with van der Waals surface area (Å²) in [5.41, 5.74) is 9.64.